The standard InChI is InChI=1S/C12H21NO3/c1-12(2,11(15)16)7-10(14)9-5-4-6-13(3)8-9/h9H,4-8H2,1-3H3,(H,15,16). The van der Waals surface area contributed by atoms with Crippen LogP contribution in [0.5, 0.6) is 0 Å². The third kappa shape index (κ3) is 3.30. The third-order valence-corrected chi connectivity index (χ3v) is 3.27. The van der Waals surface area contributed by atoms with Crippen molar-refractivity contribution >= 4 is 11.8 Å². The summed E-state index contributed by atoms with van der Waals surface area (Å²) >= 11 is 0. The first kappa shape index (κ1) is 13.2. The van der Waals surface area contributed by atoms with E-state index >= 15 is 0 Å². The van der Waals surface area contributed by atoms with Gasteiger partial charge in [-0.15, -0.1) is 0 Å². The van der Waals surface area contributed by atoms with E-state index < -0.39 is 11.4 Å². The normalized spacial score (nSPS) is 23.1. The molecule has 4 nitrogen and oxygen atoms in total. The van der Waals surface area contributed by atoms with E-state index in [4.69, 9.17) is 5.11 Å². The lowest BCUT2D eigenvalue weighted by molar-refractivity contribution is -0.150. The summed E-state index contributed by atoms with van der Waals surface area (Å²) in [5.41, 5.74) is -0.937. The van der Waals surface area contributed by atoms with Crippen LogP contribution >= 0.6 is 0 Å². The largest absolute Gasteiger partial charge is 0.481 e. The number of carboxylic acids is 1. The maximum atomic E-state index is 12.0. The molecule has 0 aromatic carbocycles. The number of hydrogen-bond donors (Lipinski definition) is 1. The molecule has 0 bridgehead atoms. The Labute approximate surface area is 96.6 Å². The molecular formula is C12H21NO3. The number of carbonyl (C=O) groups is 2. The van der Waals surface area contributed by atoms with Crippen LogP contribution in [-0.4, -0.2) is 41.9 Å². The van der Waals surface area contributed by atoms with Gasteiger partial charge in [-0.3, -0.25) is 9.59 Å². The van der Waals surface area contributed by atoms with Gasteiger partial charge in [0, 0.05) is 18.9 Å². The Balaban J connectivity index is 2.55. The topological polar surface area (TPSA) is 57.6 Å². The molecule has 1 fully saturated rings. The molecule has 1 unspecified atom stereocenters. The molecule has 92 valence electrons. The molecule has 0 aromatic heterocycles. The molecule has 16 heavy (non-hydrogen) atoms. The highest BCUT2D eigenvalue weighted by atomic mass is 16.4. The van der Waals surface area contributed by atoms with E-state index in [0.29, 0.717) is 0 Å². The third-order valence-electron chi connectivity index (χ3n) is 3.27. The zero-order valence-electron chi connectivity index (χ0n) is 10.3. The summed E-state index contributed by atoms with van der Waals surface area (Å²) in [6.45, 7) is 5.03. The Morgan fingerprint density at radius 1 is 1.44 bits per heavy atom. The fourth-order valence-electron chi connectivity index (χ4n) is 2.08. The van der Waals surface area contributed by atoms with Crippen molar-refractivity contribution in [1.29, 1.82) is 0 Å². The molecule has 1 atom stereocenters. The second-order valence-electron chi connectivity index (χ2n) is 5.43. The van der Waals surface area contributed by atoms with Crippen molar-refractivity contribution in [3.8, 4) is 0 Å². The molecule has 0 aliphatic carbocycles. The minimum absolute atomic E-state index is 0.0253. The number of carbonyl (C=O) groups excluding carboxylic acids is 1. The molecule has 0 aromatic rings. The van der Waals surface area contributed by atoms with Gasteiger partial charge in [-0.25, -0.2) is 0 Å². The second kappa shape index (κ2) is 4.95. The van der Waals surface area contributed by atoms with Crippen LogP contribution in [0.4, 0.5) is 0 Å². The van der Waals surface area contributed by atoms with Crippen molar-refractivity contribution in [2.75, 3.05) is 20.1 Å². The molecular weight excluding hydrogens is 206 g/mol. The van der Waals surface area contributed by atoms with E-state index in [2.05, 4.69) is 4.90 Å². The first-order valence-corrected chi connectivity index (χ1v) is 5.77. The smallest absolute Gasteiger partial charge is 0.309 e. The van der Waals surface area contributed by atoms with E-state index in [-0.39, 0.29) is 18.1 Å². The van der Waals surface area contributed by atoms with Crippen molar-refractivity contribution in [1.82, 2.24) is 4.90 Å². The van der Waals surface area contributed by atoms with Crippen LogP contribution in [0.1, 0.15) is 33.1 Å². The van der Waals surface area contributed by atoms with Gasteiger partial charge in [-0.1, -0.05) is 0 Å². The van der Waals surface area contributed by atoms with Crippen molar-refractivity contribution in [3.05, 3.63) is 0 Å². The minimum Gasteiger partial charge on any atom is -0.481 e. The lowest BCUT2D eigenvalue weighted by Crippen LogP contribution is -2.38. The zero-order chi connectivity index (χ0) is 12.3. The van der Waals surface area contributed by atoms with E-state index in [0.717, 1.165) is 25.9 Å². The van der Waals surface area contributed by atoms with Crippen LogP contribution < -0.4 is 0 Å². The van der Waals surface area contributed by atoms with Gasteiger partial charge < -0.3 is 10.0 Å². The van der Waals surface area contributed by atoms with Gasteiger partial charge in [0.1, 0.15) is 5.78 Å². The molecule has 0 saturated carbocycles. The number of nitrogens with zero attached hydrogens (tertiary/aromatic N) is 1. The van der Waals surface area contributed by atoms with Gasteiger partial charge in [0.15, 0.2) is 0 Å². The number of hydrogen-bond acceptors (Lipinski definition) is 3. The highest BCUT2D eigenvalue weighted by Crippen LogP contribution is 2.26. The van der Waals surface area contributed by atoms with Crippen LogP contribution in [0.25, 0.3) is 0 Å². The Kier molecular flexibility index (Phi) is 4.08. The van der Waals surface area contributed by atoms with Gasteiger partial charge >= 0.3 is 5.97 Å². The number of aliphatic carboxylic acids is 1. The van der Waals surface area contributed by atoms with E-state index in [1.807, 2.05) is 7.05 Å². The highest BCUT2D eigenvalue weighted by molar-refractivity contribution is 5.87. The first-order valence-electron chi connectivity index (χ1n) is 5.77. The van der Waals surface area contributed by atoms with E-state index in [1.165, 1.54) is 0 Å². The molecule has 4 heteroatoms. The van der Waals surface area contributed by atoms with Crippen LogP contribution in [0, 0.1) is 11.3 Å². The van der Waals surface area contributed by atoms with Gasteiger partial charge in [0.05, 0.1) is 5.41 Å². The Hall–Kier alpha value is -0.900. The van der Waals surface area contributed by atoms with Gasteiger partial charge in [-0.05, 0) is 40.3 Å². The predicted octanol–water partition coefficient (Wildman–Crippen LogP) is 1.40. The maximum Gasteiger partial charge on any atom is 0.309 e. The van der Waals surface area contributed by atoms with Gasteiger partial charge in [0.25, 0.3) is 0 Å². The van der Waals surface area contributed by atoms with Crippen LogP contribution in [0.2, 0.25) is 0 Å². The van der Waals surface area contributed by atoms with Crippen molar-refractivity contribution < 1.29 is 14.7 Å². The SMILES string of the molecule is CN1CCCC(C(=O)CC(C)(C)C(=O)O)C1. The lowest BCUT2D eigenvalue weighted by Gasteiger charge is -2.30. The first-order chi connectivity index (χ1) is 7.33. The molecule has 1 rings (SSSR count). The average Bonchev–Trinajstić information content (AvgIpc) is 2.16. The average molecular weight is 227 g/mol. The molecule has 1 N–H and O–H groups in total. The Bertz CT molecular complexity index is 286. The summed E-state index contributed by atoms with van der Waals surface area (Å²) in [6, 6.07) is 0. The summed E-state index contributed by atoms with van der Waals surface area (Å²) in [6.07, 6.45) is 2.07. The summed E-state index contributed by atoms with van der Waals surface area (Å²) < 4.78 is 0. The monoisotopic (exact) mass is 227 g/mol. The lowest BCUT2D eigenvalue weighted by atomic mass is 9.81. The summed E-state index contributed by atoms with van der Waals surface area (Å²) in [5.74, 6) is -0.777. The minimum atomic E-state index is -0.937. The zero-order valence-corrected chi connectivity index (χ0v) is 10.3. The number of ketones is 1. The molecule has 1 saturated heterocycles. The summed E-state index contributed by atoms with van der Waals surface area (Å²) in [7, 11) is 2.00. The van der Waals surface area contributed by atoms with E-state index in [9.17, 15) is 9.59 Å². The highest BCUT2D eigenvalue weighted by Gasteiger charge is 2.33. The number of Topliss-reactive ketones (excluding diaryl/α,β-unsaturated/α-hetero) is 1. The Morgan fingerprint density at radius 2 is 2.06 bits per heavy atom. The molecule has 0 amide bonds. The van der Waals surface area contributed by atoms with Gasteiger partial charge in [0.2, 0.25) is 0 Å². The Morgan fingerprint density at radius 3 is 2.56 bits per heavy atom. The fraction of sp³-hybridized carbons (Fsp3) is 0.833. The number of rotatable bonds is 4. The van der Waals surface area contributed by atoms with Crippen molar-refractivity contribution in [2.24, 2.45) is 11.3 Å². The van der Waals surface area contributed by atoms with Crippen LogP contribution in [-0.2, 0) is 9.59 Å². The molecule has 1 heterocycles. The molecule has 0 radical (unpaired) electrons. The van der Waals surface area contributed by atoms with Crippen LogP contribution in [0.3, 0.4) is 0 Å². The van der Waals surface area contributed by atoms with E-state index in [1.54, 1.807) is 13.8 Å². The molecule has 1 aliphatic rings. The number of piperidine rings is 1. The fourth-order valence-corrected chi connectivity index (χ4v) is 2.08. The quantitative estimate of drug-likeness (QED) is 0.788. The number of carboxylic acid groups (broad SMARTS) is 1. The van der Waals surface area contributed by atoms with Crippen molar-refractivity contribution in [3.63, 3.8) is 0 Å². The van der Waals surface area contributed by atoms with Gasteiger partial charge in [-0.2, -0.15) is 0 Å². The van der Waals surface area contributed by atoms with Crippen LogP contribution in [0.15, 0.2) is 0 Å². The molecule has 0 spiro atoms. The number of likely N-dealkylation sites (tertiary alicyclic amines) is 1. The maximum absolute atomic E-state index is 12.0. The summed E-state index contributed by atoms with van der Waals surface area (Å²) in [5, 5.41) is 8.98. The van der Waals surface area contributed by atoms with Crippen molar-refractivity contribution in [2.45, 2.75) is 33.1 Å². The molecule has 1 aliphatic heterocycles. The second-order valence-corrected chi connectivity index (χ2v) is 5.43. The predicted molar refractivity (Wildman–Crippen MR) is 61.3 cm³/mol. The summed E-state index contributed by atoms with van der Waals surface area (Å²) in [4.78, 5) is 25.1.